The van der Waals surface area contributed by atoms with Crippen LogP contribution in [0.1, 0.15) is 33.9 Å². The smallest absolute Gasteiger partial charge is 0.254 e. The van der Waals surface area contributed by atoms with Gasteiger partial charge in [-0.2, -0.15) is 0 Å². The highest BCUT2D eigenvalue weighted by Gasteiger charge is 2.31. The van der Waals surface area contributed by atoms with Crippen LogP contribution in [0.5, 0.6) is 5.75 Å². The number of carbonyl (C=O) groups excluding carboxylic acids is 2. The lowest BCUT2D eigenvalue weighted by molar-refractivity contribution is -0.120. The summed E-state index contributed by atoms with van der Waals surface area (Å²) in [6.07, 6.45) is 1.85. The second-order valence-electron chi connectivity index (χ2n) is 7.27. The van der Waals surface area contributed by atoms with E-state index < -0.39 is 6.04 Å². The largest absolute Gasteiger partial charge is 0.497 e. The van der Waals surface area contributed by atoms with Crippen molar-refractivity contribution in [2.24, 2.45) is 0 Å². The van der Waals surface area contributed by atoms with Crippen LogP contribution in [0.3, 0.4) is 0 Å². The monoisotopic (exact) mass is 400 g/mol. The van der Waals surface area contributed by atoms with E-state index >= 15 is 0 Å². The normalized spacial score (nSPS) is 13.8. The topological polar surface area (TPSA) is 58.6 Å². The van der Waals surface area contributed by atoms with Gasteiger partial charge < -0.3 is 15.0 Å². The summed E-state index contributed by atoms with van der Waals surface area (Å²) in [6, 6.07) is 23.5. The fourth-order valence-electron chi connectivity index (χ4n) is 3.83. The number of aryl methyl sites for hydroxylation is 1. The van der Waals surface area contributed by atoms with Crippen LogP contribution in [0.2, 0.25) is 0 Å². The highest BCUT2D eigenvalue weighted by Crippen LogP contribution is 2.29. The summed E-state index contributed by atoms with van der Waals surface area (Å²) >= 11 is 0. The Morgan fingerprint density at radius 1 is 0.967 bits per heavy atom. The summed E-state index contributed by atoms with van der Waals surface area (Å²) in [7, 11) is 1.56. The summed E-state index contributed by atoms with van der Waals surface area (Å²) in [5, 5.41) is 2.94. The predicted molar refractivity (Wildman–Crippen MR) is 117 cm³/mol. The third-order valence-corrected chi connectivity index (χ3v) is 5.36. The summed E-state index contributed by atoms with van der Waals surface area (Å²) in [4.78, 5) is 28.4. The molecule has 4 rings (SSSR count). The number of carbonyl (C=O) groups is 2. The average molecular weight is 400 g/mol. The molecule has 1 aliphatic rings. The van der Waals surface area contributed by atoms with E-state index in [2.05, 4.69) is 11.4 Å². The van der Waals surface area contributed by atoms with Gasteiger partial charge >= 0.3 is 0 Å². The molecule has 1 aliphatic heterocycles. The lowest BCUT2D eigenvalue weighted by Gasteiger charge is -2.32. The number of hydrogen-bond donors (Lipinski definition) is 1. The molecule has 0 saturated heterocycles. The lowest BCUT2D eigenvalue weighted by Crippen LogP contribution is -2.45. The maximum Gasteiger partial charge on any atom is 0.254 e. The van der Waals surface area contributed by atoms with E-state index in [0.29, 0.717) is 17.9 Å². The van der Waals surface area contributed by atoms with Crippen molar-refractivity contribution in [3.63, 3.8) is 0 Å². The Balaban J connectivity index is 1.66. The molecule has 0 radical (unpaired) electrons. The fraction of sp³-hybridized carbons (Fsp3) is 0.200. The Morgan fingerprint density at radius 3 is 2.53 bits per heavy atom. The molecule has 3 aromatic rings. The Kier molecular flexibility index (Phi) is 5.80. The molecule has 0 fully saturated rings. The first-order valence-corrected chi connectivity index (χ1v) is 10.1. The van der Waals surface area contributed by atoms with Gasteiger partial charge in [0.15, 0.2) is 0 Å². The zero-order valence-corrected chi connectivity index (χ0v) is 16.9. The van der Waals surface area contributed by atoms with Gasteiger partial charge in [-0.15, -0.1) is 0 Å². The Bertz CT molecular complexity index is 1050. The van der Waals surface area contributed by atoms with Crippen LogP contribution >= 0.6 is 0 Å². The van der Waals surface area contributed by atoms with Crippen LogP contribution in [0.25, 0.3) is 0 Å². The average Bonchev–Trinajstić information content (AvgIpc) is 2.82. The third-order valence-electron chi connectivity index (χ3n) is 5.36. The summed E-state index contributed by atoms with van der Waals surface area (Å²) in [5.74, 6) is 0.140. The third kappa shape index (κ3) is 4.06. The highest BCUT2D eigenvalue weighted by molar-refractivity contribution is 6.03. The molecule has 0 aromatic heterocycles. The number of hydrogen-bond acceptors (Lipinski definition) is 3. The van der Waals surface area contributed by atoms with Crippen LogP contribution in [-0.4, -0.2) is 25.5 Å². The van der Waals surface area contributed by atoms with Crippen LogP contribution in [0, 0.1) is 0 Å². The van der Waals surface area contributed by atoms with E-state index in [1.54, 1.807) is 36.3 Å². The van der Waals surface area contributed by atoms with Crippen molar-refractivity contribution in [1.82, 2.24) is 5.32 Å². The molecule has 1 atom stereocenters. The number of ether oxygens (including phenoxy) is 1. The van der Waals surface area contributed by atoms with Crippen molar-refractivity contribution in [3.05, 3.63) is 95.6 Å². The minimum atomic E-state index is -0.781. The molecule has 3 aromatic carbocycles. The highest BCUT2D eigenvalue weighted by atomic mass is 16.5. The number of anilines is 1. The number of methoxy groups -OCH3 is 1. The van der Waals surface area contributed by atoms with Crippen LogP contribution in [0.4, 0.5) is 5.69 Å². The molecule has 0 aliphatic carbocycles. The maximum absolute atomic E-state index is 13.6. The second kappa shape index (κ2) is 8.82. The molecule has 1 heterocycles. The Labute approximate surface area is 176 Å². The Morgan fingerprint density at radius 2 is 1.73 bits per heavy atom. The fourth-order valence-corrected chi connectivity index (χ4v) is 3.83. The van der Waals surface area contributed by atoms with Gasteiger partial charge in [0.2, 0.25) is 0 Å². The SMILES string of the molecule is COc1cccc(C(=O)N[C@H](C(=O)N2CCCc3ccccc32)c2ccccc2)c1. The van der Waals surface area contributed by atoms with E-state index in [0.717, 1.165) is 29.7 Å². The Hall–Kier alpha value is -3.60. The van der Waals surface area contributed by atoms with Gasteiger partial charge in [-0.25, -0.2) is 0 Å². The molecule has 30 heavy (non-hydrogen) atoms. The van der Waals surface area contributed by atoms with E-state index in [4.69, 9.17) is 4.74 Å². The summed E-state index contributed by atoms with van der Waals surface area (Å²) in [6.45, 7) is 0.633. The summed E-state index contributed by atoms with van der Waals surface area (Å²) < 4.78 is 5.22. The van der Waals surface area contributed by atoms with Crippen LogP contribution in [-0.2, 0) is 11.2 Å². The molecule has 0 bridgehead atoms. The lowest BCUT2D eigenvalue weighted by atomic mass is 9.99. The quantitative estimate of drug-likeness (QED) is 0.700. The van der Waals surface area contributed by atoms with Gasteiger partial charge in [0.05, 0.1) is 7.11 Å². The molecular formula is C25H24N2O3. The molecule has 5 nitrogen and oxygen atoms in total. The van der Waals surface area contributed by atoms with Gasteiger partial charge in [0.1, 0.15) is 11.8 Å². The number of para-hydroxylation sites is 1. The van der Waals surface area contributed by atoms with Crippen molar-refractivity contribution in [3.8, 4) is 5.75 Å². The number of rotatable bonds is 5. The van der Waals surface area contributed by atoms with Crippen molar-refractivity contribution < 1.29 is 14.3 Å². The number of fused-ring (bicyclic) bond motifs is 1. The first-order chi connectivity index (χ1) is 14.7. The molecule has 0 spiro atoms. The van der Waals surface area contributed by atoms with Crippen molar-refractivity contribution in [2.45, 2.75) is 18.9 Å². The molecule has 0 saturated carbocycles. The van der Waals surface area contributed by atoms with Crippen molar-refractivity contribution in [1.29, 1.82) is 0 Å². The van der Waals surface area contributed by atoms with Crippen LogP contribution < -0.4 is 15.0 Å². The van der Waals surface area contributed by atoms with E-state index in [9.17, 15) is 9.59 Å². The van der Waals surface area contributed by atoms with Gasteiger partial charge in [0.25, 0.3) is 11.8 Å². The molecule has 1 N–H and O–H groups in total. The standard InChI is InChI=1S/C25H24N2O3/c1-30-21-14-7-12-20(17-21)24(28)26-23(19-10-3-2-4-11-19)25(29)27-16-8-13-18-9-5-6-15-22(18)27/h2-7,9-12,14-15,17,23H,8,13,16H2,1H3,(H,26,28)/t23-/m0/s1. The molecule has 0 unspecified atom stereocenters. The molecular weight excluding hydrogens is 376 g/mol. The minimum absolute atomic E-state index is 0.135. The predicted octanol–water partition coefficient (Wildman–Crippen LogP) is 4.15. The van der Waals surface area contributed by atoms with Gasteiger partial charge in [-0.1, -0.05) is 54.6 Å². The zero-order valence-electron chi connectivity index (χ0n) is 16.9. The van der Waals surface area contributed by atoms with Gasteiger partial charge in [-0.3, -0.25) is 9.59 Å². The first kappa shape index (κ1) is 19.7. The van der Waals surface area contributed by atoms with Crippen molar-refractivity contribution in [2.75, 3.05) is 18.6 Å². The first-order valence-electron chi connectivity index (χ1n) is 10.1. The maximum atomic E-state index is 13.6. The van der Waals surface area contributed by atoms with Crippen molar-refractivity contribution >= 4 is 17.5 Å². The van der Waals surface area contributed by atoms with E-state index in [1.807, 2.05) is 48.5 Å². The number of nitrogens with one attached hydrogen (secondary N) is 1. The van der Waals surface area contributed by atoms with Crippen LogP contribution in [0.15, 0.2) is 78.9 Å². The molecule has 152 valence electrons. The number of benzene rings is 3. The molecule has 5 heteroatoms. The number of amides is 2. The second-order valence-corrected chi connectivity index (χ2v) is 7.27. The molecule has 2 amide bonds. The van der Waals surface area contributed by atoms with Gasteiger partial charge in [0, 0.05) is 17.8 Å². The summed E-state index contributed by atoms with van der Waals surface area (Å²) in [5.41, 5.74) is 3.28. The van der Waals surface area contributed by atoms with E-state index in [-0.39, 0.29) is 11.8 Å². The zero-order chi connectivity index (χ0) is 20.9. The van der Waals surface area contributed by atoms with E-state index in [1.165, 1.54) is 0 Å². The minimum Gasteiger partial charge on any atom is -0.497 e. The number of nitrogens with zero attached hydrogens (tertiary/aromatic N) is 1. The van der Waals surface area contributed by atoms with Gasteiger partial charge in [-0.05, 0) is 48.2 Å².